The highest BCUT2D eigenvalue weighted by atomic mass is 15.2. The summed E-state index contributed by atoms with van der Waals surface area (Å²) in [6, 6.07) is 139. The minimum absolute atomic E-state index is 0.0786. The topological polar surface area (TPSA) is 6.48 Å². The second-order valence-electron chi connectivity index (χ2n) is 24.5. The standard InChI is InChI=1S/C90H62B2N2/c1-7-29-63(30-8-1)72-61-78(69-37-15-5-16-38-69)89(92-80-45-19-23-49-84(80)93(73-39-17-6-18-40-73)85-50-24-20-46-81(85)92)79(62-72)71-59-55-65(56-60-71)64-53-57-70(58-54-64)77-44-28-43-76(68-35-13-4-14-36-68)90(77)94-86-51-25-21-47-82(86)91(83-48-22-26-52-87(83)94)88-74(66-31-9-2-10-32-66)41-27-42-75(88)67-33-11-3-12-34-67/h1-62H. The van der Waals surface area contributed by atoms with E-state index in [0.717, 1.165) is 61.7 Å². The third-order valence-electron chi connectivity index (χ3n) is 19.3. The van der Waals surface area contributed by atoms with E-state index in [4.69, 9.17) is 0 Å². The van der Waals surface area contributed by atoms with Gasteiger partial charge in [-0.2, -0.15) is 0 Å². The van der Waals surface area contributed by atoms with Crippen molar-refractivity contribution in [3.05, 3.63) is 376 Å². The summed E-state index contributed by atoms with van der Waals surface area (Å²) in [5.74, 6) is 0. The second kappa shape index (κ2) is 24.3. The van der Waals surface area contributed by atoms with Gasteiger partial charge in [-0.3, -0.25) is 0 Å². The molecule has 0 bridgehead atoms. The number of nitrogens with zero attached hydrogens (tertiary/aromatic N) is 2. The Bertz CT molecular complexity index is 5080. The molecule has 0 spiro atoms. The molecule has 438 valence electrons. The van der Waals surface area contributed by atoms with Crippen LogP contribution in [0.25, 0.3) is 89.0 Å². The summed E-state index contributed by atoms with van der Waals surface area (Å²) in [6.07, 6.45) is 0. The minimum Gasteiger partial charge on any atom is -0.312 e. The van der Waals surface area contributed by atoms with Crippen molar-refractivity contribution in [3.63, 3.8) is 0 Å². The maximum absolute atomic E-state index is 2.56. The lowest BCUT2D eigenvalue weighted by Gasteiger charge is -2.39. The third kappa shape index (κ3) is 9.96. The molecule has 0 radical (unpaired) electrons. The fourth-order valence-electron chi connectivity index (χ4n) is 15.1. The first-order valence-electron chi connectivity index (χ1n) is 32.6. The van der Waals surface area contributed by atoms with Gasteiger partial charge in [0.05, 0.1) is 5.69 Å². The van der Waals surface area contributed by atoms with Gasteiger partial charge >= 0.3 is 0 Å². The van der Waals surface area contributed by atoms with E-state index in [0.29, 0.717) is 0 Å². The average Bonchev–Trinajstić information content (AvgIpc) is 0.732. The Hall–Kier alpha value is -12.0. The van der Waals surface area contributed by atoms with Crippen LogP contribution in [-0.4, -0.2) is 13.4 Å². The van der Waals surface area contributed by atoms with Crippen LogP contribution in [0.1, 0.15) is 0 Å². The molecule has 2 heterocycles. The van der Waals surface area contributed by atoms with E-state index in [-0.39, 0.29) is 13.4 Å². The molecule has 17 rings (SSSR count). The minimum atomic E-state index is -0.0860. The molecule has 2 aliphatic heterocycles. The van der Waals surface area contributed by atoms with Crippen molar-refractivity contribution < 1.29 is 0 Å². The van der Waals surface area contributed by atoms with Crippen molar-refractivity contribution in [2.75, 3.05) is 9.80 Å². The van der Waals surface area contributed by atoms with Crippen LogP contribution in [0.2, 0.25) is 0 Å². The van der Waals surface area contributed by atoms with Gasteiger partial charge in [0, 0.05) is 39.6 Å². The first kappa shape index (κ1) is 56.0. The number of hydrogen-bond donors (Lipinski definition) is 0. The molecule has 0 saturated carbocycles. The van der Waals surface area contributed by atoms with E-state index in [9.17, 15) is 0 Å². The van der Waals surface area contributed by atoms with Crippen LogP contribution in [0.3, 0.4) is 0 Å². The van der Waals surface area contributed by atoms with E-state index >= 15 is 0 Å². The summed E-state index contributed by atoms with van der Waals surface area (Å²) in [5.41, 5.74) is 33.5. The van der Waals surface area contributed by atoms with E-state index < -0.39 is 0 Å². The predicted molar refractivity (Wildman–Crippen MR) is 401 cm³/mol. The van der Waals surface area contributed by atoms with Gasteiger partial charge in [0.2, 0.25) is 13.4 Å². The number of para-hydroxylation sites is 6. The van der Waals surface area contributed by atoms with Gasteiger partial charge in [-0.25, -0.2) is 0 Å². The highest BCUT2D eigenvalue weighted by molar-refractivity contribution is 7.00. The zero-order valence-corrected chi connectivity index (χ0v) is 51.8. The Morgan fingerprint density at radius 2 is 0.426 bits per heavy atom. The molecule has 4 heteroatoms. The van der Waals surface area contributed by atoms with E-state index in [1.807, 2.05) is 0 Å². The van der Waals surface area contributed by atoms with Gasteiger partial charge < -0.3 is 9.80 Å². The zero-order valence-electron chi connectivity index (χ0n) is 51.8. The van der Waals surface area contributed by atoms with Crippen LogP contribution in [-0.2, 0) is 0 Å². The summed E-state index contributed by atoms with van der Waals surface area (Å²) in [6.45, 7) is -0.165. The van der Waals surface area contributed by atoms with Gasteiger partial charge in [-0.15, -0.1) is 0 Å². The van der Waals surface area contributed by atoms with Crippen LogP contribution in [0.15, 0.2) is 376 Å². The highest BCUT2D eigenvalue weighted by Gasteiger charge is 2.41. The quantitative estimate of drug-likeness (QED) is 0.113. The normalized spacial score (nSPS) is 12.2. The Balaban J connectivity index is 0.798. The average molecular weight is 1190 g/mol. The summed E-state index contributed by atoms with van der Waals surface area (Å²) in [4.78, 5) is 5.00. The van der Waals surface area contributed by atoms with Gasteiger partial charge in [0.25, 0.3) is 0 Å². The van der Waals surface area contributed by atoms with Crippen LogP contribution >= 0.6 is 0 Å². The molecule has 15 aromatic rings. The maximum atomic E-state index is 2.56. The number of benzene rings is 15. The number of anilines is 6. The molecule has 0 saturated heterocycles. The van der Waals surface area contributed by atoms with Crippen molar-refractivity contribution in [2.45, 2.75) is 0 Å². The highest BCUT2D eigenvalue weighted by Crippen LogP contribution is 2.48. The summed E-state index contributed by atoms with van der Waals surface area (Å²) in [5, 5.41) is 0. The monoisotopic (exact) mass is 1190 g/mol. The summed E-state index contributed by atoms with van der Waals surface area (Å²) in [7, 11) is 0. The smallest absolute Gasteiger partial charge is 0.248 e. The molecule has 94 heavy (non-hydrogen) atoms. The molecular weight excluding hydrogens is 1130 g/mol. The molecule has 2 aliphatic rings. The lowest BCUT2D eigenvalue weighted by atomic mass is 9.33. The molecule has 2 nitrogen and oxygen atoms in total. The molecular formula is C90H62B2N2. The number of rotatable bonds is 12. The Labute approximate surface area is 551 Å². The van der Waals surface area contributed by atoms with Crippen molar-refractivity contribution in [1.29, 1.82) is 0 Å². The Morgan fingerprint density at radius 1 is 0.170 bits per heavy atom. The molecule has 0 aromatic heterocycles. The zero-order chi connectivity index (χ0) is 62.3. The summed E-state index contributed by atoms with van der Waals surface area (Å²) >= 11 is 0. The van der Waals surface area contributed by atoms with Crippen LogP contribution in [0.4, 0.5) is 34.1 Å². The second-order valence-corrected chi connectivity index (χ2v) is 24.5. The van der Waals surface area contributed by atoms with Gasteiger partial charge in [0.15, 0.2) is 0 Å². The van der Waals surface area contributed by atoms with Crippen molar-refractivity contribution >= 4 is 80.3 Å². The SMILES string of the molecule is c1ccc(-c2cc(-c3ccccc3)c(B3c4ccccc4N(c4ccccc4)c4ccccc43)c(-c3ccc(-c4ccc(-c5cccc(-c6ccccc6)c5N5c6ccccc6B(c6c(-c7ccccc7)cccc6-c6ccccc6)c6ccccc65)cc4)cc3)c2)cc1. The molecule has 0 fully saturated rings. The van der Waals surface area contributed by atoms with E-state index in [1.165, 1.54) is 94.2 Å². The lowest BCUT2D eigenvalue weighted by Crippen LogP contribution is -2.58. The fourth-order valence-corrected chi connectivity index (χ4v) is 15.1. The Morgan fingerprint density at radius 3 is 0.819 bits per heavy atom. The van der Waals surface area contributed by atoms with Crippen molar-refractivity contribution in [2.24, 2.45) is 0 Å². The van der Waals surface area contributed by atoms with E-state index in [1.54, 1.807) is 0 Å². The van der Waals surface area contributed by atoms with E-state index in [2.05, 4.69) is 386 Å². The third-order valence-corrected chi connectivity index (χ3v) is 19.3. The lowest BCUT2D eigenvalue weighted by molar-refractivity contribution is 1.29. The largest absolute Gasteiger partial charge is 0.312 e. The Kier molecular flexibility index (Phi) is 14.5. The molecule has 15 aromatic carbocycles. The molecule has 0 unspecified atom stereocenters. The molecule has 0 aliphatic carbocycles. The first-order valence-corrected chi connectivity index (χ1v) is 32.6. The van der Waals surface area contributed by atoms with Crippen LogP contribution in [0.5, 0.6) is 0 Å². The number of fused-ring (bicyclic) bond motifs is 4. The van der Waals surface area contributed by atoms with Gasteiger partial charge in [0.1, 0.15) is 0 Å². The van der Waals surface area contributed by atoms with Gasteiger partial charge in [-0.1, -0.05) is 339 Å². The van der Waals surface area contributed by atoms with Crippen molar-refractivity contribution in [3.8, 4) is 89.0 Å². The maximum Gasteiger partial charge on any atom is 0.248 e. The first-order chi connectivity index (χ1) is 46.7. The fraction of sp³-hybridized carbons (Fsp3) is 0. The molecule has 0 atom stereocenters. The van der Waals surface area contributed by atoms with Gasteiger partial charge in [-0.05, 0) is 148 Å². The predicted octanol–water partition coefficient (Wildman–Crippen LogP) is 19.6. The summed E-state index contributed by atoms with van der Waals surface area (Å²) < 4.78 is 0. The van der Waals surface area contributed by atoms with Crippen molar-refractivity contribution in [1.82, 2.24) is 0 Å². The molecule has 0 amide bonds. The molecule has 0 N–H and O–H groups in total. The van der Waals surface area contributed by atoms with Crippen LogP contribution < -0.4 is 42.6 Å². The van der Waals surface area contributed by atoms with Crippen LogP contribution in [0, 0.1) is 0 Å². The number of hydrogen-bond acceptors (Lipinski definition) is 2.